The van der Waals surface area contributed by atoms with Crippen LogP contribution >= 0.6 is 0 Å². The molecule has 0 aliphatic carbocycles. The van der Waals surface area contributed by atoms with Gasteiger partial charge in [-0.3, -0.25) is 14.0 Å². The lowest BCUT2D eigenvalue weighted by Gasteiger charge is -2.14. The maximum Gasteiger partial charge on any atom is 0.256 e. The lowest BCUT2D eigenvalue weighted by molar-refractivity contribution is 0.0994. The molecule has 4 aromatic rings. The standard InChI is InChI=1S/C21H21N5O3/c1-4-25-11-14(10-24-25)13-5-6-17-16(7-13)23-12-26(17)15-8-18(28-2)20(21(22)27)19(9-15)29-3/h5-12H,4H2,1-3H3,(H2,22,27). The summed E-state index contributed by atoms with van der Waals surface area (Å²) in [4.78, 5) is 16.3. The Morgan fingerprint density at radius 1 is 1.10 bits per heavy atom. The molecular formula is C21H21N5O3. The molecule has 8 nitrogen and oxygen atoms in total. The van der Waals surface area contributed by atoms with E-state index in [9.17, 15) is 4.79 Å². The number of aromatic nitrogens is 4. The van der Waals surface area contributed by atoms with Crippen LogP contribution < -0.4 is 15.2 Å². The molecule has 2 aromatic carbocycles. The molecule has 29 heavy (non-hydrogen) atoms. The Kier molecular flexibility index (Phi) is 4.67. The summed E-state index contributed by atoms with van der Waals surface area (Å²) in [6.45, 7) is 2.87. The summed E-state index contributed by atoms with van der Waals surface area (Å²) in [5.74, 6) is 0.0765. The Morgan fingerprint density at radius 2 is 1.83 bits per heavy atom. The highest BCUT2D eigenvalue weighted by atomic mass is 16.5. The highest BCUT2D eigenvalue weighted by molar-refractivity contribution is 5.99. The first-order valence-electron chi connectivity index (χ1n) is 9.11. The van der Waals surface area contributed by atoms with E-state index in [1.807, 2.05) is 46.8 Å². The summed E-state index contributed by atoms with van der Waals surface area (Å²) in [6.07, 6.45) is 5.58. The zero-order valence-electron chi connectivity index (χ0n) is 16.4. The van der Waals surface area contributed by atoms with Crippen molar-refractivity contribution in [2.75, 3.05) is 14.2 Å². The highest BCUT2D eigenvalue weighted by Gasteiger charge is 2.19. The monoisotopic (exact) mass is 391 g/mol. The van der Waals surface area contributed by atoms with Crippen molar-refractivity contribution in [2.24, 2.45) is 5.73 Å². The van der Waals surface area contributed by atoms with Gasteiger partial charge in [-0.1, -0.05) is 6.07 Å². The summed E-state index contributed by atoms with van der Waals surface area (Å²) >= 11 is 0. The fourth-order valence-electron chi connectivity index (χ4n) is 3.36. The van der Waals surface area contributed by atoms with Gasteiger partial charge in [-0.2, -0.15) is 5.10 Å². The number of nitrogens with zero attached hydrogens (tertiary/aromatic N) is 4. The van der Waals surface area contributed by atoms with Gasteiger partial charge in [0, 0.05) is 30.4 Å². The summed E-state index contributed by atoms with van der Waals surface area (Å²) in [5, 5.41) is 4.33. The average Bonchev–Trinajstić information content (AvgIpc) is 3.38. The van der Waals surface area contributed by atoms with Crippen LogP contribution in [-0.2, 0) is 6.54 Å². The topological polar surface area (TPSA) is 97.2 Å². The van der Waals surface area contributed by atoms with Crippen LogP contribution in [0.4, 0.5) is 0 Å². The Balaban J connectivity index is 1.81. The molecule has 0 aliphatic rings. The van der Waals surface area contributed by atoms with E-state index in [1.165, 1.54) is 14.2 Å². The van der Waals surface area contributed by atoms with Crippen LogP contribution in [0.2, 0.25) is 0 Å². The van der Waals surface area contributed by atoms with Gasteiger partial charge in [-0.05, 0) is 24.6 Å². The number of fused-ring (bicyclic) bond motifs is 1. The molecule has 1 amide bonds. The molecule has 0 spiro atoms. The SMILES string of the molecule is CCn1cc(-c2ccc3c(c2)ncn3-c2cc(OC)c(C(N)=O)c(OC)c2)cn1. The number of carbonyl (C=O) groups is 1. The second-order valence-electron chi connectivity index (χ2n) is 6.49. The largest absolute Gasteiger partial charge is 0.496 e. The van der Waals surface area contributed by atoms with Crippen molar-refractivity contribution in [1.82, 2.24) is 19.3 Å². The van der Waals surface area contributed by atoms with Gasteiger partial charge in [0.25, 0.3) is 5.91 Å². The quantitative estimate of drug-likeness (QED) is 0.545. The van der Waals surface area contributed by atoms with Gasteiger partial charge < -0.3 is 15.2 Å². The van der Waals surface area contributed by atoms with E-state index >= 15 is 0 Å². The molecule has 0 bridgehead atoms. The second-order valence-corrected chi connectivity index (χ2v) is 6.49. The van der Waals surface area contributed by atoms with Crippen LogP contribution in [0.3, 0.4) is 0 Å². The molecule has 0 atom stereocenters. The lowest BCUT2D eigenvalue weighted by atomic mass is 10.1. The number of amides is 1. The lowest BCUT2D eigenvalue weighted by Crippen LogP contribution is -2.14. The van der Waals surface area contributed by atoms with E-state index in [-0.39, 0.29) is 5.56 Å². The molecule has 0 unspecified atom stereocenters. The third-order valence-corrected chi connectivity index (χ3v) is 4.85. The van der Waals surface area contributed by atoms with E-state index in [0.29, 0.717) is 11.5 Å². The first-order valence-corrected chi connectivity index (χ1v) is 9.11. The third-order valence-electron chi connectivity index (χ3n) is 4.85. The first-order chi connectivity index (χ1) is 14.0. The van der Waals surface area contributed by atoms with Crippen molar-refractivity contribution in [1.29, 1.82) is 0 Å². The molecule has 148 valence electrons. The van der Waals surface area contributed by atoms with Crippen LogP contribution in [0, 0.1) is 0 Å². The molecule has 2 aromatic heterocycles. The van der Waals surface area contributed by atoms with Gasteiger partial charge in [-0.25, -0.2) is 4.98 Å². The molecule has 2 N–H and O–H groups in total. The van der Waals surface area contributed by atoms with E-state index in [1.54, 1.807) is 18.5 Å². The number of methoxy groups -OCH3 is 2. The summed E-state index contributed by atoms with van der Waals surface area (Å²) in [6, 6.07) is 9.53. The Bertz CT molecular complexity index is 1180. The predicted molar refractivity (Wildman–Crippen MR) is 110 cm³/mol. The number of hydrogen-bond donors (Lipinski definition) is 1. The normalized spacial score (nSPS) is 11.0. The molecule has 2 heterocycles. The van der Waals surface area contributed by atoms with Gasteiger partial charge in [0.05, 0.1) is 37.1 Å². The number of carbonyl (C=O) groups excluding carboxylic acids is 1. The minimum absolute atomic E-state index is 0.207. The van der Waals surface area contributed by atoms with Crippen LogP contribution in [-0.4, -0.2) is 39.5 Å². The zero-order valence-corrected chi connectivity index (χ0v) is 16.4. The molecule has 0 fully saturated rings. The minimum atomic E-state index is -0.613. The maximum absolute atomic E-state index is 11.8. The molecule has 4 rings (SSSR count). The third kappa shape index (κ3) is 3.18. The van der Waals surface area contributed by atoms with Gasteiger partial charge in [0.1, 0.15) is 23.4 Å². The van der Waals surface area contributed by atoms with Crippen molar-refractivity contribution >= 4 is 16.9 Å². The van der Waals surface area contributed by atoms with Gasteiger partial charge in [0.2, 0.25) is 0 Å². The predicted octanol–water partition coefficient (Wildman–Crippen LogP) is 3.03. The van der Waals surface area contributed by atoms with Gasteiger partial charge in [0.15, 0.2) is 0 Å². The number of ether oxygens (including phenoxy) is 2. The highest BCUT2D eigenvalue weighted by Crippen LogP contribution is 2.33. The van der Waals surface area contributed by atoms with Crippen LogP contribution in [0.1, 0.15) is 17.3 Å². The van der Waals surface area contributed by atoms with E-state index in [2.05, 4.69) is 10.1 Å². The molecular weight excluding hydrogens is 370 g/mol. The van der Waals surface area contributed by atoms with Crippen molar-refractivity contribution < 1.29 is 14.3 Å². The average molecular weight is 391 g/mol. The number of imidazole rings is 1. The van der Waals surface area contributed by atoms with E-state index in [4.69, 9.17) is 15.2 Å². The second kappa shape index (κ2) is 7.31. The van der Waals surface area contributed by atoms with Gasteiger partial charge in [-0.15, -0.1) is 0 Å². The molecule has 0 radical (unpaired) electrons. The Morgan fingerprint density at radius 3 is 2.41 bits per heavy atom. The fourth-order valence-corrected chi connectivity index (χ4v) is 3.36. The summed E-state index contributed by atoms with van der Waals surface area (Å²) < 4.78 is 14.5. The van der Waals surface area contributed by atoms with E-state index in [0.717, 1.165) is 34.4 Å². The molecule has 8 heteroatoms. The fraction of sp³-hybridized carbons (Fsp3) is 0.190. The van der Waals surface area contributed by atoms with Crippen LogP contribution in [0.15, 0.2) is 49.1 Å². The first kappa shape index (κ1) is 18.5. The Labute approximate surface area is 167 Å². The number of nitrogens with two attached hydrogens (primary N) is 1. The number of benzene rings is 2. The number of aryl methyl sites for hydroxylation is 1. The summed E-state index contributed by atoms with van der Waals surface area (Å²) in [7, 11) is 2.97. The van der Waals surface area contributed by atoms with Crippen molar-refractivity contribution in [3.8, 4) is 28.3 Å². The number of primary amides is 1. The maximum atomic E-state index is 11.8. The smallest absolute Gasteiger partial charge is 0.256 e. The number of hydrogen-bond acceptors (Lipinski definition) is 5. The van der Waals surface area contributed by atoms with Gasteiger partial charge >= 0.3 is 0 Å². The van der Waals surface area contributed by atoms with E-state index < -0.39 is 5.91 Å². The summed E-state index contributed by atoms with van der Waals surface area (Å²) in [5.41, 5.74) is 10.3. The molecule has 0 saturated heterocycles. The zero-order chi connectivity index (χ0) is 20.5. The number of rotatable bonds is 6. The minimum Gasteiger partial charge on any atom is -0.496 e. The molecule has 0 saturated carbocycles. The van der Waals surface area contributed by atoms with Crippen molar-refractivity contribution in [2.45, 2.75) is 13.5 Å². The Hall–Kier alpha value is -3.81. The van der Waals surface area contributed by atoms with Crippen LogP contribution in [0.5, 0.6) is 11.5 Å². The molecule has 0 aliphatic heterocycles. The van der Waals surface area contributed by atoms with Crippen LogP contribution in [0.25, 0.3) is 27.8 Å². The van der Waals surface area contributed by atoms with Crippen molar-refractivity contribution in [3.63, 3.8) is 0 Å². The van der Waals surface area contributed by atoms with Crippen molar-refractivity contribution in [3.05, 3.63) is 54.6 Å².